The predicted molar refractivity (Wildman–Crippen MR) is 125 cm³/mol. The Balaban J connectivity index is 1.93. The van der Waals surface area contributed by atoms with Gasteiger partial charge in [-0.15, -0.1) is 0 Å². The average molecular weight is 457 g/mol. The lowest BCUT2D eigenvalue weighted by atomic mass is 10.1. The first-order valence-electron chi connectivity index (χ1n) is 9.97. The SMILES string of the molecule is CCc1ccccc1N(CC(=O)N(C)Cc1ccc(Cl)cc1)S(=O)(=O)c1ccccc1. The number of aryl methyl sites for hydroxylation is 1. The third-order valence-corrected chi connectivity index (χ3v) is 7.04. The van der Waals surface area contributed by atoms with Crippen LogP contribution >= 0.6 is 11.6 Å². The van der Waals surface area contributed by atoms with Crippen molar-refractivity contribution in [1.82, 2.24) is 4.90 Å². The van der Waals surface area contributed by atoms with E-state index in [-0.39, 0.29) is 17.3 Å². The Morgan fingerprint density at radius 3 is 2.16 bits per heavy atom. The van der Waals surface area contributed by atoms with E-state index in [9.17, 15) is 13.2 Å². The Kier molecular flexibility index (Phi) is 7.36. The molecule has 0 saturated carbocycles. The van der Waals surface area contributed by atoms with Gasteiger partial charge in [0.15, 0.2) is 0 Å². The number of carbonyl (C=O) groups excluding carboxylic acids is 1. The third-order valence-electron chi connectivity index (χ3n) is 5.01. The summed E-state index contributed by atoms with van der Waals surface area (Å²) in [7, 11) is -2.26. The van der Waals surface area contributed by atoms with Crippen molar-refractivity contribution in [2.24, 2.45) is 0 Å². The summed E-state index contributed by atoms with van der Waals surface area (Å²) in [4.78, 5) is 14.7. The standard InChI is InChI=1S/C24H25ClN2O3S/c1-3-20-9-7-8-12-23(20)27(31(29,30)22-10-5-4-6-11-22)18-24(28)26(2)17-19-13-15-21(25)16-14-19/h4-16H,3,17-18H2,1-2H3. The minimum Gasteiger partial charge on any atom is -0.340 e. The fourth-order valence-corrected chi connectivity index (χ4v) is 4.87. The number of sulfonamides is 1. The molecule has 0 radical (unpaired) electrons. The predicted octanol–water partition coefficient (Wildman–Crippen LogP) is 4.76. The summed E-state index contributed by atoms with van der Waals surface area (Å²) in [6.07, 6.45) is 0.645. The summed E-state index contributed by atoms with van der Waals surface area (Å²) in [5.74, 6) is -0.305. The van der Waals surface area contributed by atoms with Crippen LogP contribution in [-0.4, -0.2) is 32.8 Å². The molecule has 31 heavy (non-hydrogen) atoms. The topological polar surface area (TPSA) is 57.7 Å². The van der Waals surface area contributed by atoms with Gasteiger partial charge in [0.05, 0.1) is 10.6 Å². The Bertz CT molecular complexity index is 1130. The molecule has 0 unspecified atom stereocenters. The smallest absolute Gasteiger partial charge is 0.264 e. The van der Waals surface area contributed by atoms with Crippen LogP contribution in [0.1, 0.15) is 18.1 Å². The maximum absolute atomic E-state index is 13.5. The minimum atomic E-state index is -3.93. The van der Waals surface area contributed by atoms with E-state index in [1.165, 1.54) is 9.21 Å². The Labute approximate surface area is 188 Å². The van der Waals surface area contributed by atoms with Crippen molar-refractivity contribution in [3.05, 3.63) is 95.0 Å². The van der Waals surface area contributed by atoms with Crippen molar-refractivity contribution < 1.29 is 13.2 Å². The molecular weight excluding hydrogens is 432 g/mol. The normalized spacial score (nSPS) is 11.2. The Morgan fingerprint density at radius 1 is 0.903 bits per heavy atom. The summed E-state index contributed by atoms with van der Waals surface area (Å²) < 4.78 is 28.2. The summed E-state index contributed by atoms with van der Waals surface area (Å²) >= 11 is 5.93. The first-order valence-corrected chi connectivity index (χ1v) is 11.8. The highest BCUT2D eigenvalue weighted by Crippen LogP contribution is 2.27. The van der Waals surface area contributed by atoms with Crippen molar-refractivity contribution in [2.75, 3.05) is 17.9 Å². The number of hydrogen-bond donors (Lipinski definition) is 0. The molecule has 0 spiro atoms. The van der Waals surface area contributed by atoms with Crippen LogP contribution in [-0.2, 0) is 27.8 Å². The monoisotopic (exact) mass is 456 g/mol. The first-order chi connectivity index (χ1) is 14.8. The minimum absolute atomic E-state index is 0.147. The highest BCUT2D eigenvalue weighted by molar-refractivity contribution is 7.92. The number of likely N-dealkylation sites (N-methyl/N-ethyl adjacent to an activating group) is 1. The van der Waals surface area contributed by atoms with Crippen molar-refractivity contribution in [3.63, 3.8) is 0 Å². The van der Waals surface area contributed by atoms with Crippen LogP contribution in [0.15, 0.2) is 83.8 Å². The highest BCUT2D eigenvalue weighted by atomic mass is 35.5. The van der Waals surface area contributed by atoms with Gasteiger partial charge in [0, 0.05) is 18.6 Å². The molecule has 0 aliphatic heterocycles. The molecule has 0 saturated heterocycles. The van der Waals surface area contributed by atoms with Crippen molar-refractivity contribution >= 4 is 33.2 Å². The van der Waals surface area contributed by atoms with Crippen molar-refractivity contribution in [3.8, 4) is 0 Å². The third kappa shape index (κ3) is 5.46. The van der Waals surface area contributed by atoms with Gasteiger partial charge in [0.2, 0.25) is 5.91 Å². The van der Waals surface area contributed by atoms with Crippen molar-refractivity contribution in [2.45, 2.75) is 24.8 Å². The van der Waals surface area contributed by atoms with Crippen LogP contribution in [0, 0.1) is 0 Å². The lowest BCUT2D eigenvalue weighted by molar-refractivity contribution is -0.128. The molecule has 7 heteroatoms. The zero-order chi connectivity index (χ0) is 22.4. The molecule has 0 atom stereocenters. The van der Waals surface area contributed by atoms with Gasteiger partial charge in [-0.1, -0.05) is 67.1 Å². The molecule has 1 amide bonds. The zero-order valence-corrected chi connectivity index (χ0v) is 19.1. The maximum Gasteiger partial charge on any atom is 0.264 e. The molecule has 162 valence electrons. The van der Waals surface area contributed by atoms with Crippen LogP contribution in [0.2, 0.25) is 5.02 Å². The molecule has 0 heterocycles. The van der Waals surface area contributed by atoms with Gasteiger partial charge in [0.1, 0.15) is 6.54 Å². The van der Waals surface area contributed by atoms with E-state index < -0.39 is 10.0 Å². The molecule has 3 aromatic carbocycles. The van der Waals surface area contributed by atoms with Crippen LogP contribution in [0.5, 0.6) is 0 Å². The first kappa shape index (κ1) is 22.8. The molecule has 3 rings (SSSR count). The molecule has 0 aromatic heterocycles. The van der Waals surface area contributed by atoms with Crippen LogP contribution in [0.25, 0.3) is 0 Å². The summed E-state index contributed by atoms with van der Waals surface area (Å²) in [6, 6.07) is 22.7. The molecule has 0 N–H and O–H groups in total. The van der Waals surface area contributed by atoms with Crippen molar-refractivity contribution in [1.29, 1.82) is 0 Å². The summed E-state index contributed by atoms with van der Waals surface area (Å²) in [5.41, 5.74) is 2.28. The van der Waals surface area contributed by atoms with Gasteiger partial charge in [-0.25, -0.2) is 8.42 Å². The molecule has 0 aliphatic carbocycles. The zero-order valence-electron chi connectivity index (χ0n) is 17.5. The molecule has 0 aliphatic rings. The van der Waals surface area contributed by atoms with Crippen LogP contribution in [0.3, 0.4) is 0 Å². The fourth-order valence-electron chi connectivity index (χ4n) is 3.27. The number of amides is 1. The Hall–Kier alpha value is -2.83. The number of benzene rings is 3. The average Bonchev–Trinajstić information content (AvgIpc) is 2.79. The van der Waals surface area contributed by atoms with E-state index >= 15 is 0 Å². The van der Waals surface area contributed by atoms with Gasteiger partial charge in [-0.3, -0.25) is 9.10 Å². The van der Waals surface area contributed by atoms with E-state index in [4.69, 9.17) is 11.6 Å². The van der Waals surface area contributed by atoms with E-state index in [0.29, 0.717) is 23.7 Å². The van der Waals surface area contributed by atoms with E-state index in [1.54, 1.807) is 61.6 Å². The lowest BCUT2D eigenvalue weighted by Crippen LogP contribution is -2.41. The molecule has 3 aromatic rings. The second-order valence-corrected chi connectivity index (χ2v) is 9.48. The number of halogens is 1. The number of hydrogen-bond acceptors (Lipinski definition) is 3. The number of anilines is 1. The molecular formula is C24H25ClN2O3S. The van der Waals surface area contributed by atoms with E-state index in [0.717, 1.165) is 11.1 Å². The van der Waals surface area contributed by atoms with Crippen LogP contribution in [0.4, 0.5) is 5.69 Å². The lowest BCUT2D eigenvalue weighted by Gasteiger charge is -2.28. The van der Waals surface area contributed by atoms with Gasteiger partial charge in [-0.2, -0.15) is 0 Å². The van der Waals surface area contributed by atoms with Gasteiger partial charge < -0.3 is 4.90 Å². The largest absolute Gasteiger partial charge is 0.340 e. The van der Waals surface area contributed by atoms with E-state index in [1.807, 2.05) is 31.2 Å². The highest BCUT2D eigenvalue weighted by Gasteiger charge is 2.29. The Morgan fingerprint density at radius 2 is 1.52 bits per heavy atom. The summed E-state index contributed by atoms with van der Waals surface area (Å²) in [5, 5.41) is 0.619. The quantitative estimate of drug-likeness (QED) is 0.491. The molecule has 0 fully saturated rings. The fraction of sp³-hybridized carbons (Fsp3) is 0.208. The second kappa shape index (κ2) is 9.98. The van der Waals surface area contributed by atoms with E-state index in [2.05, 4.69) is 0 Å². The number of rotatable bonds is 8. The van der Waals surface area contributed by atoms with Gasteiger partial charge in [0.25, 0.3) is 10.0 Å². The summed E-state index contributed by atoms with van der Waals surface area (Å²) in [6.45, 7) is 2.02. The maximum atomic E-state index is 13.5. The molecule has 5 nitrogen and oxygen atoms in total. The van der Waals surface area contributed by atoms with Gasteiger partial charge in [-0.05, 0) is 47.9 Å². The number of nitrogens with zero attached hydrogens (tertiary/aromatic N) is 2. The molecule has 0 bridgehead atoms. The number of para-hydroxylation sites is 1. The number of carbonyl (C=O) groups is 1. The van der Waals surface area contributed by atoms with Gasteiger partial charge >= 0.3 is 0 Å². The van der Waals surface area contributed by atoms with Crippen LogP contribution < -0.4 is 4.31 Å². The second-order valence-electron chi connectivity index (χ2n) is 7.18.